The standard InChI is InChI=1S/C21H29N3O2S/c1-13-22-18(20(26)24-10-6-15(25)7-11-24)16-12-17(27-19(16)23-13)14-4-8-21(2,3)9-5-14/h12,14-15,25H,4-11H2,1-3H3. The first-order valence-electron chi connectivity index (χ1n) is 10.1. The molecule has 0 unspecified atom stereocenters. The zero-order chi connectivity index (χ0) is 19.2. The van der Waals surface area contributed by atoms with Gasteiger partial charge in [0.1, 0.15) is 16.3 Å². The van der Waals surface area contributed by atoms with Crippen LogP contribution >= 0.6 is 11.3 Å². The van der Waals surface area contributed by atoms with Crippen molar-refractivity contribution in [1.29, 1.82) is 0 Å². The second kappa shape index (κ2) is 7.13. The topological polar surface area (TPSA) is 66.3 Å². The van der Waals surface area contributed by atoms with E-state index in [1.54, 1.807) is 11.3 Å². The smallest absolute Gasteiger partial charge is 0.273 e. The van der Waals surface area contributed by atoms with Gasteiger partial charge in [0.05, 0.1) is 6.10 Å². The summed E-state index contributed by atoms with van der Waals surface area (Å²) in [5.41, 5.74) is 0.983. The summed E-state index contributed by atoms with van der Waals surface area (Å²) in [4.78, 5) is 26.3. The van der Waals surface area contributed by atoms with Gasteiger partial charge in [0.15, 0.2) is 0 Å². The Morgan fingerprint density at radius 2 is 1.85 bits per heavy atom. The molecular formula is C21H29N3O2S. The van der Waals surface area contributed by atoms with Crippen molar-refractivity contribution in [3.63, 3.8) is 0 Å². The lowest BCUT2D eigenvalue weighted by atomic mass is 9.73. The fraction of sp³-hybridized carbons (Fsp3) is 0.667. The van der Waals surface area contributed by atoms with Crippen LogP contribution in [0.25, 0.3) is 10.2 Å². The second-order valence-corrected chi connectivity index (χ2v) is 10.0. The molecule has 1 amide bonds. The molecule has 1 N–H and O–H groups in total. The zero-order valence-electron chi connectivity index (χ0n) is 16.5. The lowest BCUT2D eigenvalue weighted by Crippen LogP contribution is -2.40. The van der Waals surface area contributed by atoms with Crippen molar-refractivity contribution in [2.24, 2.45) is 5.41 Å². The third-order valence-electron chi connectivity index (χ3n) is 6.22. The molecule has 6 heteroatoms. The molecule has 0 radical (unpaired) electrons. The van der Waals surface area contributed by atoms with Gasteiger partial charge in [0.25, 0.3) is 5.91 Å². The predicted molar refractivity (Wildman–Crippen MR) is 108 cm³/mol. The molecule has 2 aliphatic rings. The van der Waals surface area contributed by atoms with E-state index in [0.29, 0.717) is 48.8 Å². The summed E-state index contributed by atoms with van der Waals surface area (Å²) in [5.74, 6) is 1.21. The number of aliphatic hydroxyl groups excluding tert-OH is 1. The van der Waals surface area contributed by atoms with Crippen LogP contribution in [0.4, 0.5) is 0 Å². The van der Waals surface area contributed by atoms with Gasteiger partial charge in [0, 0.05) is 23.4 Å². The summed E-state index contributed by atoms with van der Waals surface area (Å²) in [6, 6.07) is 2.18. The maximum atomic E-state index is 13.1. The van der Waals surface area contributed by atoms with Crippen LogP contribution in [0.1, 0.15) is 79.5 Å². The monoisotopic (exact) mass is 387 g/mol. The molecular weight excluding hydrogens is 358 g/mol. The number of carbonyl (C=O) groups is 1. The average Bonchev–Trinajstić information content (AvgIpc) is 3.04. The number of nitrogens with zero attached hydrogens (tertiary/aromatic N) is 3. The predicted octanol–water partition coefficient (Wildman–Crippen LogP) is 4.28. The molecule has 1 saturated heterocycles. The molecule has 1 aliphatic heterocycles. The molecule has 4 rings (SSSR count). The minimum atomic E-state index is -0.287. The Kier molecular flexibility index (Phi) is 4.97. The van der Waals surface area contributed by atoms with Crippen LogP contribution in [0, 0.1) is 12.3 Å². The van der Waals surface area contributed by atoms with E-state index >= 15 is 0 Å². The number of likely N-dealkylation sites (tertiary alicyclic amines) is 1. The number of aliphatic hydroxyl groups is 1. The van der Waals surface area contributed by atoms with Crippen molar-refractivity contribution in [3.05, 3.63) is 22.5 Å². The van der Waals surface area contributed by atoms with Gasteiger partial charge in [-0.05, 0) is 62.8 Å². The Labute approximate surface area is 164 Å². The van der Waals surface area contributed by atoms with E-state index in [1.165, 1.54) is 30.6 Å². The molecule has 1 saturated carbocycles. The Morgan fingerprint density at radius 1 is 1.19 bits per heavy atom. The van der Waals surface area contributed by atoms with Gasteiger partial charge in [0.2, 0.25) is 0 Å². The molecule has 2 fully saturated rings. The van der Waals surface area contributed by atoms with Gasteiger partial charge < -0.3 is 10.0 Å². The van der Waals surface area contributed by atoms with Gasteiger partial charge in [-0.2, -0.15) is 0 Å². The van der Waals surface area contributed by atoms with Crippen LogP contribution in [0.15, 0.2) is 6.07 Å². The quantitative estimate of drug-likeness (QED) is 0.835. The minimum Gasteiger partial charge on any atom is -0.393 e. The van der Waals surface area contributed by atoms with Gasteiger partial charge in [-0.3, -0.25) is 4.79 Å². The van der Waals surface area contributed by atoms with Gasteiger partial charge in [-0.15, -0.1) is 11.3 Å². The molecule has 3 heterocycles. The molecule has 0 atom stereocenters. The number of piperidine rings is 1. The number of carbonyl (C=O) groups excluding carboxylic acids is 1. The second-order valence-electron chi connectivity index (χ2n) is 8.95. The van der Waals surface area contributed by atoms with E-state index in [1.807, 2.05) is 11.8 Å². The third kappa shape index (κ3) is 3.87. The lowest BCUT2D eigenvalue weighted by Gasteiger charge is -2.33. The fourth-order valence-electron chi connectivity index (χ4n) is 4.31. The average molecular weight is 388 g/mol. The van der Waals surface area contributed by atoms with Crippen LogP contribution in [-0.4, -0.2) is 45.1 Å². The SMILES string of the molecule is Cc1nc(C(=O)N2CCC(O)CC2)c2cc(C3CCC(C)(C)CC3)sc2n1. The number of thiophene rings is 1. The van der Waals surface area contributed by atoms with Crippen molar-refractivity contribution in [2.45, 2.75) is 71.3 Å². The van der Waals surface area contributed by atoms with E-state index in [9.17, 15) is 9.90 Å². The van der Waals surface area contributed by atoms with Crippen LogP contribution in [-0.2, 0) is 0 Å². The van der Waals surface area contributed by atoms with Crippen molar-refractivity contribution >= 4 is 27.5 Å². The molecule has 146 valence electrons. The Balaban J connectivity index is 1.63. The first-order chi connectivity index (χ1) is 12.8. The first-order valence-corrected chi connectivity index (χ1v) is 10.9. The molecule has 27 heavy (non-hydrogen) atoms. The molecule has 2 aromatic rings. The number of aryl methyl sites for hydroxylation is 1. The fourth-order valence-corrected chi connectivity index (χ4v) is 5.56. The van der Waals surface area contributed by atoms with Crippen molar-refractivity contribution in [2.75, 3.05) is 13.1 Å². The molecule has 0 spiro atoms. The Bertz CT molecular complexity index is 842. The highest BCUT2D eigenvalue weighted by Crippen LogP contribution is 2.45. The number of amides is 1. The Hall–Kier alpha value is -1.53. The highest BCUT2D eigenvalue weighted by atomic mass is 32.1. The highest BCUT2D eigenvalue weighted by molar-refractivity contribution is 7.18. The van der Waals surface area contributed by atoms with Crippen LogP contribution in [0.2, 0.25) is 0 Å². The molecule has 0 bridgehead atoms. The number of fused-ring (bicyclic) bond motifs is 1. The van der Waals surface area contributed by atoms with Crippen LogP contribution in [0.5, 0.6) is 0 Å². The summed E-state index contributed by atoms with van der Waals surface area (Å²) in [5, 5.41) is 10.6. The van der Waals surface area contributed by atoms with Gasteiger partial charge >= 0.3 is 0 Å². The van der Waals surface area contributed by atoms with Crippen molar-refractivity contribution < 1.29 is 9.90 Å². The van der Waals surface area contributed by atoms with E-state index in [-0.39, 0.29) is 12.0 Å². The van der Waals surface area contributed by atoms with Crippen LogP contribution < -0.4 is 0 Å². The normalized spacial score (nSPS) is 21.7. The van der Waals surface area contributed by atoms with E-state index < -0.39 is 0 Å². The zero-order valence-corrected chi connectivity index (χ0v) is 17.3. The lowest BCUT2D eigenvalue weighted by molar-refractivity contribution is 0.0543. The summed E-state index contributed by atoms with van der Waals surface area (Å²) < 4.78 is 0. The molecule has 5 nitrogen and oxygen atoms in total. The van der Waals surface area contributed by atoms with Gasteiger partial charge in [-0.1, -0.05) is 13.8 Å². The minimum absolute atomic E-state index is 0.0217. The van der Waals surface area contributed by atoms with Gasteiger partial charge in [-0.25, -0.2) is 9.97 Å². The largest absolute Gasteiger partial charge is 0.393 e. The number of aromatic nitrogens is 2. The number of hydrogen-bond acceptors (Lipinski definition) is 5. The summed E-state index contributed by atoms with van der Waals surface area (Å²) in [7, 11) is 0. The summed E-state index contributed by atoms with van der Waals surface area (Å²) >= 11 is 1.73. The summed E-state index contributed by atoms with van der Waals surface area (Å²) in [6.07, 6.45) is 5.91. The van der Waals surface area contributed by atoms with E-state index in [2.05, 4.69) is 29.9 Å². The maximum Gasteiger partial charge on any atom is 0.273 e. The van der Waals surface area contributed by atoms with Crippen molar-refractivity contribution in [1.82, 2.24) is 14.9 Å². The maximum absolute atomic E-state index is 13.1. The number of rotatable bonds is 2. The summed E-state index contributed by atoms with van der Waals surface area (Å²) in [6.45, 7) is 7.77. The Morgan fingerprint density at radius 3 is 2.52 bits per heavy atom. The van der Waals surface area contributed by atoms with Crippen molar-refractivity contribution in [3.8, 4) is 0 Å². The molecule has 2 aromatic heterocycles. The molecule has 1 aliphatic carbocycles. The molecule has 0 aromatic carbocycles. The third-order valence-corrected chi connectivity index (χ3v) is 7.41. The first kappa shape index (κ1) is 18.8. The van der Waals surface area contributed by atoms with E-state index in [4.69, 9.17) is 0 Å². The highest BCUT2D eigenvalue weighted by Gasteiger charge is 2.30. The number of hydrogen-bond donors (Lipinski definition) is 1. The van der Waals surface area contributed by atoms with E-state index in [0.717, 1.165) is 10.2 Å². The van der Waals surface area contributed by atoms with Crippen LogP contribution in [0.3, 0.4) is 0 Å².